The van der Waals surface area contributed by atoms with E-state index in [1.54, 1.807) is 12.1 Å². The van der Waals surface area contributed by atoms with Gasteiger partial charge in [-0.3, -0.25) is 4.79 Å². The van der Waals surface area contributed by atoms with Crippen molar-refractivity contribution in [1.82, 2.24) is 5.32 Å². The highest BCUT2D eigenvalue weighted by atomic mass is 16.3. The molecule has 0 spiro atoms. The lowest BCUT2D eigenvalue weighted by Crippen LogP contribution is -2.27. The van der Waals surface area contributed by atoms with Crippen molar-refractivity contribution in [1.29, 1.82) is 0 Å². The van der Waals surface area contributed by atoms with E-state index >= 15 is 0 Å². The van der Waals surface area contributed by atoms with Gasteiger partial charge in [0.05, 0.1) is 13.0 Å². The number of carbonyl (C=O) groups excluding carboxylic acids is 1. The first-order chi connectivity index (χ1) is 6.72. The van der Waals surface area contributed by atoms with Crippen LogP contribution in [0.25, 0.3) is 0 Å². The number of phenolic OH excluding ortho intramolecular Hbond substituents is 1. The van der Waals surface area contributed by atoms with Gasteiger partial charge in [-0.2, -0.15) is 0 Å². The average Bonchev–Trinajstić information content (AvgIpc) is 2.18. The molecule has 4 heteroatoms. The van der Waals surface area contributed by atoms with Crippen molar-refractivity contribution < 1.29 is 15.0 Å². The molecule has 0 saturated carbocycles. The molecule has 0 unspecified atom stereocenters. The van der Waals surface area contributed by atoms with Crippen molar-refractivity contribution >= 4 is 5.91 Å². The van der Waals surface area contributed by atoms with Crippen molar-refractivity contribution in [2.75, 3.05) is 13.2 Å². The van der Waals surface area contributed by atoms with Gasteiger partial charge >= 0.3 is 0 Å². The zero-order chi connectivity index (χ0) is 10.4. The molecule has 0 fully saturated rings. The third-order valence-corrected chi connectivity index (χ3v) is 1.73. The minimum Gasteiger partial charge on any atom is -0.508 e. The van der Waals surface area contributed by atoms with Crippen LogP contribution in [0.1, 0.15) is 5.56 Å². The standard InChI is InChI=1S/C10H13NO3/c12-6-5-11-10(14)7-8-1-3-9(13)4-2-8/h1-4,12-13H,5-7H2,(H,11,14). The highest BCUT2D eigenvalue weighted by Gasteiger charge is 2.01. The van der Waals surface area contributed by atoms with Crippen molar-refractivity contribution in [3.8, 4) is 5.75 Å². The molecule has 0 aliphatic carbocycles. The molecule has 1 aromatic carbocycles. The van der Waals surface area contributed by atoms with E-state index in [1.165, 1.54) is 12.1 Å². The first kappa shape index (κ1) is 10.5. The van der Waals surface area contributed by atoms with Crippen LogP contribution in [-0.4, -0.2) is 29.3 Å². The van der Waals surface area contributed by atoms with Gasteiger partial charge in [0.25, 0.3) is 0 Å². The lowest BCUT2D eigenvalue weighted by molar-refractivity contribution is -0.120. The Kier molecular flexibility index (Phi) is 3.94. The number of aliphatic hydroxyl groups is 1. The number of aliphatic hydroxyl groups excluding tert-OH is 1. The van der Waals surface area contributed by atoms with Crippen LogP contribution < -0.4 is 5.32 Å². The molecule has 0 bridgehead atoms. The number of hydrogen-bond donors (Lipinski definition) is 3. The summed E-state index contributed by atoms with van der Waals surface area (Å²) in [4.78, 5) is 11.2. The Labute approximate surface area is 82.2 Å². The largest absolute Gasteiger partial charge is 0.508 e. The summed E-state index contributed by atoms with van der Waals surface area (Å²) >= 11 is 0. The molecule has 3 N–H and O–H groups in total. The summed E-state index contributed by atoms with van der Waals surface area (Å²) in [6.45, 7) is 0.220. The minimum absolute atomic E-state index is 0.0542. The van der Waals surface area contributed by atoms with Crippen molar-refractivity contribution in [2.45, 2.75) is 6.42 Å². The fourth-order valence-electron chi connectivity index (χ4n) is 1.06. The molecule has 1 amide bonds. The van der Waals surface area contributed by atoms with Crippen LogP contribution in [0.15, 0.2) is 24.3 Å². The molecule has 1 aromatic rings. The van der Waals surface area contributed by atoms with Crippen LogP contribution >= 0.6 is 0 Å². The molecule has 0 aromatic heterocycles. The molecule has 0 heterocycles. The number of rotatable bonds is 4. The topological polar surface area (TPSA) is 69.6 Å². The Hall–Kier alpha value is -1.55. The molecule has 0 aliphatic heterocycles. The van der Waals surface area contributed by atoms with E-state index in [1.807, 2.05) is 0 Å². The second kappa shape index (κ2) is 5.24. The number of benzene rings is 1. The lowest BCUT2D eigenvalue weighted by Gasteiger charge is -2.03. The van der Waals surface area contributed by atoms with E-state index in [0.717, 1.165) is 5.56 Å². The Morgan fingerprint density at radius 1 is 1.29 bits per heavy atom. The average molecular weight is 195 g/mol. The van der Waals surface area contributed by atoms with E-state index in [4.69, 9.17) is 10.2 Å². The van der Waals surface area contributed by atoms with Gasteiger partial charge < -0.3 is 15.5 Å². The first-order valence-corrected chi connectivity index (χ1v) is 4.38. The molecule has 1 rings (SSSR count). The van der Waals surface area contributed by atoms with Gasteiger partial charge in [0.1, 0.15) is 5.75 Å². The van der Waals surface area contributed by atoms with Gasteiger partial charge in [0, 0.05) is 6.54 Å². The molecule has 0 aliphatic rings. The van der Waals surface area contributed by atoms with Gasteiger partial charge in [-0.15, -0.1) is 0 Å². The number of aromatic hydroxyl groups is 1. The van der Waals surface area contributed by atoms with Crippen LogP contribution in [0, 0.1) is 0 Å². The maximum absolute atomic E-state index is 11.2. The maximum Gasteiger partial charge on any atom is 0.224 e. The molecule has 0 saturated heterocycles. The normalized spacial score (nSPS) is 9.79. The fourth-order valence-corrected chi connectivity index (χ4v) is 1.06. The molecule has 0 atom stereocenters. The SMILES string of the molecule is O=C(Cc1ccc(O)cc1)NCCO. The number of hydrogen-bond acceptors (Lipinski definition) is 3. The highest BCUT2D eigenvalue weighted by Crippen LogP contribution is 2.09. The number of nitrogens with one attached hydrogen (secondary N) is 1. The summed E-state index contributed by atoms with van der Waals surface area (Å²) in [5, 5.41) is 20.0. The predicted molar refractivity (Wildman–Crippen MR) is 51.9 cm³/mol. The smallest absolute Gasteiger partial charge is 0.224 e. The minimum atomic E-state index is -0.135. The fraction of sp³-hybridized carbons (Fsp3) is 0.300. The van der Waals surface area contributed by atoms with Crippen LogP contribution in [0.4, 0.5) is 0 Å². The summed E-state index contributed by atoms with van der Waals surface area (Å²) in [5.41, 5.74) is 0.832. The van der Waals surface area contributed by atoms with E-state index in [0.29, 0.717) is 0 Å². The predicted octanol–water partition coefficient (Wildman–Crippen LogP) is 0.0432. The summed E-state index contributed by atoms with van der Waals surface area (Å²) in [7, 11) is 0. The van der Waals surface area contributed by atoms with E-state index in [2.05, 4.69) is 5.32 Å². The van der Waals surface area contributed by atoms with Crippen LogP contribution in [0.5, 0.6) is 5.75 Å². The van der Waals surface area contributed by atoms with Crippen LogP contribution in [0.3, 0.4) is 0 Å². The monoisotopic (exact) mass is 195 g/mol. The van der Waals surface area contributed by atoms with E-state index in [9.17, 15) is 4.79 Å². The van der Waals surface area contributed by atoms with Crippen molar-refractivity contribution in [3.63, 3.8) is 0 Å². The molecular weight excluding hydrogens is 182 g/mol. The molecule has 76 valence electrons. The third kappa shape index (κ3) is 3.45. The number of phenols is 1. The molecule has 14 heavy (non-hydrogen) atoms. The zero-order valence-electron chi connectivity index (χ0n) is 7.73. The Morgan fingerprint density at radius 3 is 2.50 bits per heavy atom. The van der Waals surface area contributed by atoms with Gasteiger partial charge in [-0.1, -0.05) is 12.1 Å². The van der Waals surface area contributed by atoms with Crippen molar-refractivity contribution in [3.05, 3.63) is 29.8 Å². The first-order valence-electron chi connectivity index (χ1n) is 4.38. The van der Waals surface area contributed by atoms with Gasteiger partial charge in [0.15, 0.2) is 0 Å². The number of amides is 1. The van der Waals surface area contributed by atoms with Gasteiger partial charge in [-0.05, 0) is 17.7 Å². The summed E-state index contributed by atoms with van der Waals surface area (Å²) < 4.78 is 0. The van der Waals surface area contributed by atoms with Crippen LogP contribution in [-0.2, 0) is 11.2 Å². The van der Waals surface area contributed by atoms with Gasteiger partial charge in [0.2, 0.25) is 5.91 Å². The lowest BCUT2D eigenvalue weighted by atomic mass is 10.1. The Bertz CT molecular complexity index is 295. The summed E-state index contributed by atoms with van der Waals surface area (Å²) in [6.07, 6.45) is 0.264. The Morgan fingerprint density at radius 2 is 1.93 bits per heavy atom. The van der Waals surface area contributed by atoms with E-state index < -0.39 is 0 Å². The second-order valence-electron chi connectivity index (χ2n) is 2.92. The summed E-state index contributed by atoms with van der Waals surface area (Å²) in [6, 6.07) is 6.45. The second-order valence-corrected chi connectivity index (χ2v) is 2.92. The van der Waals surface area contributed by atoms with Gasteiger partial charge in [-0.25, -0.2) is 0 Å². The zero-order valence-corrected chi connectivity index (χ0v) is 7.73. The quantitative estimate of drug-likeness (QED) is 0.635. The molecule has 0 radical (unpaired) electrons. The number of carbonyl (C=O) groups is 1. The van der Waals surface area contributed by atoms with Crippen molar-refractivity contribution in [2.24, 2.45) is 0 Å². The molecular formula is C10H13NO3. The molecule has 4 nitrogen and oxygen atoms in total. The van der Waals surface area contributed by atoms with Crippen LogP contribution in [0.2, 0.25) is 0 Å². The third-order valence-electron chi connectivity index (χ3n) is 1.73. The Balaban J connectivity index is 2.44. The summed E-state index contributed by atoms with van der Waals surface area (Å²) in [5.74, 6) is 0.0502. The van der Waals surface area contributed by atoms with E-state index in [-0.39, 0.29) is 31.2 Å². The maximum atomic E-state index is 11.2. The highest BCUT2D eigenvalue weighted by molar-refractivity contribution is 5.78.